The van der Waals surface area contributed by atoms with Gasteiger partial charge in [-0.25, -0.2) is 13.4 Å². The zero-order chi connectivity index (χ0) is 17.2. The summed E-state index contributed by atoms with van der Waals surface area (Å²) in [7, 11) is -4.00. The van der Waals surface area contributed by atoms with Crippen molar-refractivity contribution in [3.05, 3.63) is 66.5 Å². The highest BCUT2D eigenvalue weighted by molar-refractivity contribution is 7.91. The van der Waals surface area contributed by atoms with E-state index in [0.717, 1.165) is 12.3 Å². The second kappa shape index (κ2) is 6.13. The number of hydrogen-bond acceptors (Lipinski definition) is 7. The zero-order valence-corrected chi connectivity index (χ0v) is 12.9. The Morgan fingerprint density at radius 2 is 1.96 bits per heavy atom. The molecule has 2 aromatic heterocycles. The highest BCUT2D eigenvalue weighted by Crippen LogP contribution is 2.26. The fourth-order valence-electron chi connectivity index (χ4n) is 1.99. The summed E-state index contributed by atoms with van der Waals surface area (Å²) in [5, 5.41) is 15.3. The highest BCUT2D eigenvalue weighted by atomic mass is 32.2. The van der Waals surface area contributed by atoms with Crippen LogP contribution in [0.25, 0.3) is 5.76 Å². The minimum absolute atomic E-state index is 0.00355. The van der Waals surface area contributed by atoms with Gasteiger partial charge in [0.2, 0.25) is 20.8 Å². The molecule has 0 saturated carbocycles. The number of aromatic nitrogens is 3. The van der Waals surface area contributed by atoms with Gasteiger partial charge in [0.05, 0.1) is 16.7 Å². The Kier molecular flexibility index (Phi) is 4.00. The Morgan fingerprint density at radius 1 is 1.21 bits per heavy atom. The first-order valence-electron chi connectivity index (χ1n) is 6.69. The van der Waals surface area contributed by atoms with Gasteiger partial charge in [0, 0.05) is 6.08 Å². The summed E-state index contributed by atoms with van der Waals surface area (Å²) in [6.07, 6.45) is 3.16. The van der Waals surface area contributed by atoms with Gasteiger partial charge >= 0.3 is 0 Å². The van der Waals surface area contributed by atoms with E-state index in [-0.39, 0.29) is 16.3 Å². The maximum atomic E-state index is 12.6. The van der Waals surface area contributed by atoms with Crippen molar-refractivity contribution in [3.63, 3.8) is 0 Å². The maximum absolute atomic E-state index is 12.6. The van der Waals surface area contributed by atoms with Crippen LogP contribution in [-0.4, -0.2) is 34.5 Å². The molecule has 3 rings (SSSR count). The summed E-state index contributed by atoms with van der Waals surface area (Å²) in [5.41, 5.74) is -0.194. The highest BCUT2D eigenvalue weighted by Gasteiger charge is 2.27. The normalized spacial score (nSPS) is 12.2. The molecule has 3 aromatic rings. The second-order valence-corrected chi connectivity index (χ2v) is 6.50. The van der Waals surface area contributed by atoms with E-state index in [0.29, 0.717) is 0 Å². The van der Waals surface area contributed by atoms with Gasteiger partial charge < -0.3 is 9.52 Å². The largest absolute Gasteiger partial charge is 0.504 e. The number of hydrogen-bond donors (Lipinski definition) is 2. The number of aliphatic hydroxyl groups excluding tert-OH is 1. The van der Waals surface area contributed by atoms with Crippen LogP contribution in [0.15, 0.2) is 69.5 Å². The van der Waals surface area contributed by atoms with Gasteiger partial charge in [-0.15, -0.1) is 0 Å². The van der Waals surface area contributed by atoms with Crippen LogP contribution in [0.2, 0.25) is 0 Å². The van der Waals surface area contributed by atoms with Crippen molar-refractivity contribution in [2.24, 2.45) is 0 Å². The molecule has 0 saturated heterocycles. The Hall–Kier alpha value is -3.20. The molecular weight excluding hydrogens is 334 g/mol. The molecule has 0 aliphatic heterocycles. The van der Waals surface area contributed by atoms with Gasteiger partial charge in [0.1, 0.15) is 6.33 Å². The monoisotopic (exact) mass is 345 g/mol. The molecule has 24 heavy (non-hydrogen) atoms. The number of sulfone groups is 1. The van der Waals surface area contributed by atoms with E-state index >= 15 is 0 Å². The first-order chi connectivity index (χ1) is 11.5. The first-order valence-corrected chi connectivity index (χ1v) is 8.17. The second-order valence-electron chi connectivity index (χ2n) is 4.65. The molecule has 9 heteroatoms. The van der Waals surface area contributed by atoms with Crippen molar-refractivity contribution in [2.75, 3.05) is 0 Å². The Morgan fingerprint density at radius 3 is 2.62 bits per heavy atom. The van der Waals surface area contributed by atoms with Crippen molar-refractivity contribution in [3.8, 4) is 0 Å². The molecule has 1 aromatic carbocycles. The fourth-order valence-corrected chi connectivity index (χ4v) is 3.36. The molecule has 0 aliphatic carbocycles. The van der Waals surface area contributed by atoms with E-state index in [4.69, 9.17) is 4.42 Å². The molecular formula is C15H11N3O5S. The van der Waals surface area contributed by atoms with E-state index in [2.05, 4.69) is 15.2 Å². The number of aromatic amines is 1. The van der Waals surface area contributed by atoms with Crippen molar-refractivity contribution < 1.29 is 22.7 Å². The third-order valence-corrected chi connectivity index (χ3v) is 4.80. The quantitative estimate of drug-likeness (QED) is 0.411. The van der Waals surface area contributed by atoms with Crippen molar-refractivity contribution in [1.82, 2.24) is 15.2 Å². The summed E-state index contributed by atoms with van der Waals surface area (Å²) in [4.78, 5) is 16.0. The molecule has 0 atom stereocenters. The molecule has 0 unspecified atom stereocenters. The Bertz CT molecular complexity index is 989. The fraction of sp³-hybridized carbons (Fsp3) is 0. The van der Waals surface area contributed by atoms with Crippen molar-refractivity contribution in [2.45, 2.75) is 9.99 Å². The van der Waals surface area contributed by atoms with Gasteiger partial charge in [-0.3, -0.25) is 9.89 Å². The predicted octanol–water partition coefficient (Wildman–Crippen LogP) is 2.01. The summed E-state index contributed by atoms with van der Waals surface area (Å²) < 4.78 is 30.2. The third-order valence-electron chi connectivity index (χ3n) is 3.10. The molecule has 122 valence electrons. The van der Waals surface area contributed by atoms with Crippen molar-refractivity contribution >= 4 is 21.4 Å². The molecule has 0 spiro atoms. The van der Waals surface area contributed by atoms with E-state index < -0.39 is 26.5 Å². The summed E-state index contributed by atoms with van der Waals surface area (Å²) >= 11 is 0. The van der Waals surface area contributed by atoms with Gasteiger partial charge in [-0.2, -0.15) is 5.10 Å². The van der Waals surface area contributed by atoms with Crippen LogP contribution in [0.4, 0.5) is 0 Å². The third kappa shape index (κ3) is 2.84. The minimum Gasteiger partial charge on any atom is -0.504 e. The van der Waals surface area contributed by atoms with E-state index in [1.54, 1.807) is 18.2 Å². The molecule has 0 bridgehead atoms. The number of carbonyl (C=O) groups is 1. The van der Waals surface area contributed by atoms with Gasteiger partial charge in [-0.05, 0) is 18.2 Å². The molecule has 8 nitrogen and oxygen atoms in total. The minimum atomic E-state index is -4.00. The van der Waals surface area contributed by atoms with Crippen LogP contribution in [0.1, 0.15) is 16.2 Å². The average Bonchev–Trinajstić information content (AvgIpc) is 3.27. The Labute approximate surface area is 136 Å². The number of H-pyrrole nitrogens is 1. The lowest BCUT2D eigenvalue weighted by molar-refractivity contribution is 0.104. The molecule has 2 heterocycles. The van der Waals surface area contributed by atoms with Crippen LogP contribution < -0.4 is 0 Å². The van der Waals surface area contributed by atoms with Crippen LogP contribution in [-0.2, 0) is 9.84 Å². The average molecular weight is 345 g/mol. The molecule has 0 aliphatic rings. The molecule has 2 N–H and O–H groups in total. The van der Waals surface area contributed by atoms with E-state index in [1.807, 2.05) is 0 Å². The van der Waals surface area contributed by atoms with Crippen LogP contribution in [0.5, 0.6) is 0 Å². The number of aliphatic hydroxyl groups is 1. The van der Waals surface area contributed by atoms with Gasteiger partial charge in [0.25, 0.3) is 0 Å². The molecule has 0 radical (unpaired) electrons. The van der Waals surface area contributed by atoms with Crippen LogP contribution in [0, 0.1) is 0 Å². The zero-order valence-electron chi connectivity index (χ0n) is 12.1. The number of allylic oxidation sites excluding steroid dienone is 1. The van der Waals surface area contributed by atoms with Crippen molar-refractivity contribution in [1.29, 1.82) is 0 Å². The van der Waals surface area contributed by atoms with Crippen LogP contribution >= 0.6 is 0 Å². The predicted molar refractivity (Wildman–Crippen MR) is 81.9 cm³/mol. The topological polar surface area (TPSA) is 126 Å². The number of carbonyl (C=O) groups excluding carboxylic acids is 1. The first kappa shape index (κ1) is 15.7. The Balaban J connectivity index is 1.99. The van der Waals surface area contributed by atoms with E-state index in [9.17, 15) is 18.3 Å². The maximum Gasteiger partial charge on any atom is 0.240 e. The summed E-state index contributed by atoms with van der Waals surface area (Å²) in [6.45, 7) is 0. The SMILES string of the molecule is O=C(C=C(O)c1nc[nH]n1)c1ccoc1S(=O)(=O)c1ccccc1. The summed E-state index contributed by atoms with van der Waals surface area (Å²) in [6, 6.07) is 8.81. The number of nitrogens with zero attached hydrogens (tertiary/aromatic N) is 2. The number of furan rings is 1. The van der Waals surface area contributed by atoms with Crippen LogP contribution in [0.3, 0.4) is 0 Å². The van der Waals surface area contributed by atoms with Gasteiger partial charge in [0.15, 0.2) is 11.5 Å². The number of benzene rings is 1. The standard InChI is InChI=1S/C15H11N3O5S/c19-12(8-13(20)14-16-9-17-18-14)11-6-7-23-15(11)24(21,22)10-4-2-1-3-5-10/h1-9,20H,(H,16,17,18). The number of rotatable bonds is 5. The van der Waals surface area contributed by atoms with Gasteiger partial charge in [-0.1, -0.05) is 18.2 Å². The number of ketones is 1. The van der Waals surface area contributed by atoms with E-state index in [1.165, 1.54) is 24.5 Å². The smallest absolute Gasteiger partial charge is 0.240 e. The lowest BCUT2D eigenvalue weighted by Gasteiger charge is -2.03. The molecule has 0 amide bonds. The number of nitrogens with one attached hydrogen (secondary N) is 1. The lowest BCUT2D eigenvalue weighted by atomic mass is 10.2. The molecule has 0 fully saturated rings. The lowest BCUT2D eigenvalue weighted by Crippen LogP contribution is -2.07. The summed E-state index contributed by atoms with van der Waals surface area (Å²) in [5.74, 6) is -1.33.